The van der Waals surface area contributed by atoms with Crippen LogP contribution in [0.1, 0.15) is 20.7 Å². The molecular formula is C26H22N6O4S2. The Morgan fingerprint density at radius 1 is 0.605 bits per heavy atom. The summed E-state index contributed by atoms with van der Waals surface area (Å²) in [6.07, 6.45) is 0. The van der Waals surface area contributed by atoms with E-state index in [9.17, 15) is 19.2 Å². The fourth-order valence-electron chi connectivity index (χ4n) is 3.25. The van der Waals surface area contributed by atoms with Crippen molar-refractivity contribution in [3.05, 3.63) is 83.9 Å². The van der Waals surface area contributed by atoms with Crippen LogP contribution < -0.4 is 22.1 Å². The lowest BCUT2D eigenvalue weighted by atomic mass is 10.2. The van der Waals surface area contributed by atoms with E-state index in [2.05, 4.69) is 20.6 Å². The summed E-state index contributed by atoms with van der Waals surface area (Å²) < 4.78 is 0. The maximum absolute atomic E-state index is 12.5. The zero-order chi connectivity index (χ0) is 27.1. The van der Waals surface area contributed by atoms with Crippen LogP contribution >= 0.6 is 23.5 Å². The van der Waals surface area contributed by atoms with Gasteiger partial charge in [0.1, 0.15) is 10.1 Å². The lowest BCUT2D eigenvalue weighted by Gasteiger charge is -2.10. The van der Waals surface area contributed by atoms with Crippen molar-refractivity contribution in [3.63, 3.8) is 0 Å². The van der Waals surface area contributed by atoms with Gasteiger partial charge in [0.2, 0.25) is 23.6 Å². The molecule has 0 unspecified atom stereocenters. The van der Waals surface area contributed by atoms with Crippen molar-refractivity contribution < 1.29 is 19.2 Å². The Morgan fingerprint density at radius 3 is 1.32 bits per heavy atom. The summed E-state index contributed by atoms with van der Waals surface area (Å²) in [6.45, 7) is 0. The number of nitrogens with zero attached hydrogens (tertiary/aromatic N) is 2. The minimum Gasteiger partial charge on any atom is -0.366 e. The number of anilines is 2. The predicted octanol–water partition coefficient (Wildman–Crippen LogP) is 3.29. The van der Waals surface area contributed by atoms with Crippen molar-refractivity contribution in [1.82, 2.24) is 9.97 Å². The summed E-state index contributed by atoms with van der Waals surface area (Å²) in [4.78, 5) is 56.8. The molecule has 3 aromatic carbocycles. The molecule has 1 aromatic heterocycles. The van der Waals surface area contributed by atoms with Crippen LogP contribution in [0.15, 0.2) is 82.8 Å². The Bertz CT molecular complexity index is 1400. The number of hydrogen-bond donors (Lipinski definition) is 4. The van der Waals surface area contributed by atoms with Crippen molar-refractivity contribution in [2.75, 3.05) is 22.1 Å². The standard InChI is InChI=1S/C26H22N6O4S2/c27-23(35)15-5-9-17(10-6-15)29-21(33)13-37-25-26(32-20-4-2-1-3-19(20)31-25)38-14-22(34)30-18-11-7-16(8-12-18)24(28)36/h1-12H,13-14H2,(H2,27,35)(H2,28,36)(H,29,33)(H,30,34). The molecule has 1 heterocycles. The molecule has 6 N–H and O–H groups in total. The van der Waals surface area contributed by atoms with Crippen LogP contribution in [0.2, 0.25) is 0 Å². The largest absolute Gasteiger partial charge is 0.366 e. The van der Waals surface area contributed by atoms with Gasteiger partial charge in [-0.05, 0) is 60.7 Å². The molecule has 0 aliphatic carbocycles. The summed E-state index contributed by atoms with van der Waals surface area (Å²) in [6, 6.07) is 19.9. The Kier molecular flexibility index (Phi) is 8.56. The number of hydrogen-bond acceptors (Lipinski definition) is 8. The van der Waals surface area contributed by atoms with Crippen molar-refractivity contribution in [3.8, 4) is 0 Å². The predicted molar refractivity (Wildman–Crippen MR) is 148 cm³/mol. The molecule has 0 atom stereocenters. The normalized spacial score (nSPS) is 10.6. The van der Waals surface area contributed by atoms with Crippen molar-refractivity contribution in [2.24, 2.45) is 11.5 Å². The van der Waals surface area contributed by atoms with Crippen molar-refractivity contribution in [2.45, 2.75) is 10.1 Å². The molecule has 0 saturated carbocycles. The maximum Gasteiger partial charge on any atom is 0.248 e. The van der Waals surface area contributed by atoms with E-state index < -0.39 is 11.8 Å². The second-order valence-corrected chi connectivity index (χ2v) is 9.81. The number of fused-ring (bicyclic) bond motifs is 1. The highest BCUT2D eigenvalue weighted by Crippen LogP contribution is 2.30. The molecule has 4 rings (SSSR count). The lowest BCUT2D eigenvalue weighted by molar-refractivity contribution is -0.114. The van der Waals surface area contributed by atoms with E-state index in [1.165, 1.54) is 47.8 Å². The molecule has 0 fully saturated rings. The molecule has 12 heteroatoms. The molecule has 0 spiro atoms. The topological polar surface area (TPSA) is 170 Å². The number of nitrogens with two attached hydrogens (primary N) is 2. The van der Waals surface area contributed by atoms with Gasteiger partial charge in [-0.2, -0.15) is 0 Å². The van der Waals surface area contributed by atoms with E-state index in [0.29, 0.717) is 43.6 Å². The first-order valence-corrected chi connectivity index (χ1v) is 13.2. The third-order valence-corrected chi connectivity index (χ3v) is 7.15. The molecule has 192 valence electrons. The monoisotopic (exact) mass is 546 g/mol. The van der Waals surface area contributed by atoms with Gasteiger partial charge >= 0.3 is 0 Å². The van der Waals surface area contributed by atoms with E-state index in [1.54, 1.807) is 24.3 Å². The third kappa shape index (κ3) is 7.08. The number of primary amides is 2. The third-order valence-electron chi connectivity index (χ3n) is 5.09. The number of carbonyl (C=O) groups excluding carboxylic acids is 4. The van der Waals surface area contributed by atoms with Crippen molar-refractivity contribution >= 4 is 69.6 Å². The molecule has 0 aliphatic heterocycles. The van der Waals surface area contributed by atoms with Gasteiger partial charge in [-0.3, -0.25) is 19.2 Å². The van der Waals surface area contributed by atoms with E-state index in [-0.39, 0.29) is 23.3 Å². The van der Waals surface area contributed by atoms with Crippen LogP contribution in [0.3, 0.4) is 0 Å². The summed E-state index contributed by atoms with van der Waals surface area (Å²) >= 11 is 2.40. The van der Waals surface area contributed by atoms with Gasteiger partial charge in [-0.1, -0.05) is 35.7 Å². The fraction of sp³-hybridized carbons (Fsp3) is 0.0769. The molecule has 4 amide bonds. The number of thioether (sulfide) groups is 2. The van der Waals surface area contributed by atoms with E-state index in [1.807, 2.05) is 24.3 Å². The molecule has 0 radical (unpaired) electrons. The highest BCUT2D eigenvalue weighted by molar-refractivity contribution is 8.02. The minimum absolute atomic E-state index is 0.0521. The van der Waals surface area contributed by atoms with Crippen LogP contribution in [0, 0.1) is 0 Å². The molecule has 10 nitrogen and oxygen atoms in total. The Labute approximate surface area is 226 Å². The number of para-hydroxylation sites is 2. The average molecular weight is 547 g/mol. The zero-order valence-corrected chi connectivity index (χ0v) is 21.5. The highest BCUT2D eigenvalue weighted by Gasteiger charge is 2.15. The van der Waals surface area contributed by atoms with Gasteiger partial charge in [-0.15, -0.1) is 0 Å². The van der Waals surface area contributed by atoms with Crippen LogP contribution in [-0.2, 0) is 9.59 Å². The van der Waals surface area contributed by atoms with E-state index in [4.69, 9.17) is 11.5 Å². The summed E-state index contributed by atoms with van der Waals surface area (Å²) in [5.41, 5.74) is 13.6. The maximum atomic E-state index is 12.5. The summed E-state index contributed by atoms with van der Waals surface area (Å²) in [5.74, 6) is -1.54. The second-order valence-electron chi connectivity index (χ2n) is 7.88. The van der Waals surface area contributed by atoms with E-state index >= 15 is 0 Å². The number of amides is 4. The van der Waals surface area contributed by atoms with E-state index in [0.717, 1.165) is 0 Å². The van der Waals surface area contributed by atoms with Crippen LogP contribution in [-0.4, -0.2) is 45.1 Å². The number of benzene rings is 3. The smallest absolute Gasteiger partial charge is 0.248 e. The molecule has 0 aliphatic rings. The Hall–Kier alpha value is -4.42. The zero-order valence-electron chi connectivity index (χ0n) is 19.8. The fourth-order valence-corrected chi connectivity index (χ4v) is 4.95. The minimum atomic E-state index is -0.548. The second kappa shape index (κ2) is 12.2. The van der Waals surface area contributed by atoms with Gasteiger partial charge < -0.3 is 22.1 Å². The van der Waals surface area contributed by atoms with Gasteiger partial charge in [0.15, 0.2) is 0 Å². The number of carbonyl (C=O) groups is 4. The van der Waals surface area contributed by atoms with Gasteiger partial charge in [-0.25, -0.2) is 9.97 Å². The molecule has 38 heavy (non-hydrogen) atoms. The molecular weight excluding hydrogens is 524 g/mol. The first-order valence-electron chi connectivity index (χ1n) is 11.2. The Morgan fingerprint density at radius 2 is 0.974 bits per heavy atom. The van der Waals surface area contributed by atoms with Crippen molar-refractivity contribution in [1.29, 1.82) is 0 Å². The Balaban J connectivity index is 1.41. The number of nitrogens with one attached hydrogen (secondary N) is 2. The molecule has 0 saturated heterocycles. The van der Waals surface area contributed by atoms with Crippen LogP contribution in [0.5, 0.6) is 0 Å². The number of rotatable bonds is 10. The SMILES string of the molecule is NC(=O)c1ccc(NC(=O)CSc2nc3ccccc3nc2SCC(=O)Nc2ccc(C(N)=O)cc2)cc1. The van der Waals surface area contributed by atoms with Gasteiger partial charge in [0, 0.05) is 22.5 Å². The molecule has 4 aromatic rings. The highest BCUT2D eigenvalue weighted by atomic mass is 32.2. The number of aromatic nitrogens is 2. The van der Waals surface area contributed by atoms with Gasteiger partial charge in [0.25, 0.3) is 0 Å². The summed E-state index contributed by atoms with van der Waals surface area (Å²) in [7, 11) is 0. The average Bonchev–Trinajstić information content (AvgIpc) is 2.91. The van der Waals surface area contributed by atoms with Gasteiger partial charge in [0.05, 0.1) is 22.5 Å². The lowest BCUT2D eigenvalue weighted by Crippen LogP contribution is -2.16. The molecule has 0 bridgehead atoms. The quantitative estimate of drug-likeness (QED) is 0.220. The summed E-state index contributed by atoms with van der Waals surface area (Å²) in [5, 5.41) is 6.57. The van der Waals surface area contributed by atoms with Crippen LogP contribution in [0.4, 0.5) is 11.4 Å². The first-order chi connectivity index (χ1) is 18.3. The van der Waals surface area contributed by atoms with Crippen LogP contribution in [0.25, 0.3) is 11.0 Å². The first kappa shape index (κ1) is 26.6.